The lowest BCUT2D eigenvalue weighted by molar-refractivity contribution is 0.102. The Kier molecular flexibility index (Phi) is 5.85. The first-order valence-corrected chi connectivity index (χ1v) is 12.5. The van der Waals surface area contributed by atoms with Gasteiger partial charge in [0.2, 0.25) is 0 Å². The highest BCUT2D eigenvalue weighted by Gasteiger charge is 2.31. The first-order chi connectivity index (χ1) is 16.4. The Bertz CT molecular complexity index is 1450. The van der Waals surface area contributed by atoms with Crippen LogP contribution in [-0.2, 0) is 23.0 Å². The third-order valence-electron chi connectivity index (χ3n) is 5.68. The van der Waals surface area contributed by atoms with Gasteiger partial charge in [0, 0.05) is 23.5 Å². The number of nitrogens with one attached hydrogen (secondary N) is 1. The Balaban J connectivity index is 1.34. The minimum Gasteiger partial charge on any atom is -0.322 e. The molecule has 1 aliphatic heterocycles. The number of rotatable bonds is 6. The molecule has 7 nitrogen and oxygen atoms in total. The van der Waals surface area contributed by atoms with Gasteiger partial charge in [-0.05, 0) is 53.9 Å². The molecule has 2 heterocycles. The van der Waals surface area contributed by atoms with Crippen LogP contribution in [0.5, 0.6) is 0 Å². The molecule has 1 aromatic heterocycles. The third kappa shape index (κ3) is 4.42. The SMILES string of the molecule is O=C(Nc1ccc2c(c1)N(S(=O)(=O)c1ccc(Cl)cc1)CC2)c1cnn(Cc2ccccc2)c1. The molecular weight excluding hydrogens is 472 g/mol. The Morgan fingerprint density at radius 1 is 1.03 bits per heavy atom. The molecule has 0 saturated heterocycles. The molecule has 0 unspecified atom stereocenters. The molecule has 1 amide bonds. The van der Waals surface area contributed by atoms with Gasteiger partial charge in [0.05, 0.1) is 28.9 Å². The van der Waals surface area contributed by atoms with Gasteiger partial charge in [-0.15, -0.1) is 0 Å². The molecule has 0 aliphatic carbocycles. The number of fused-ring (bicyclic) bond motifs is 1. The summed E-state index contributed by atoms with van der Waals surface area (Å²) in [7, 11) is -3.74. The Hall–Kier alpha value is -3.62. The fraction of sp³-hybridized carbons (Fsp3) is 0.120. The van der Waals surface area contributed by atoms with E-state index in [0.717, 1.165) is 11.1 Å². The smallest absolute Gasteiger partial charge is 0.264 e. The second kappa shape index (κ2) is 8.96. The number of nitrogens with zero attached hydrogens (tertiary/aromatic N) is 3. The summed E-state index contributed by atoms with van der Waals surface area (Å²) in [4.78, 5) is 13.0. The van der Waals surface area contributed by atoms with Gasteiger partial charge in [-0.2, -0.15) is 5.10 Å². The topological polar surface area (TPSA) is 84.3 Å². The van der Waals surface area contributed by atoms with E-state index in [1.54, 1.807) is 35.1 Å². The van der Waals surface area contributed by atoms with E-state index < -0.39 is 10.0 Å². The third-order valence-corrected chi connectivity index (χ3v) is 7.76. The minimum atomic E-state index is -3.74. The van der Waals surface area contributed by atoms with Crippen molar-refractivity contribution < 1.29 is 13.2 Å². The van der Waals surface area contributed by atoms with E-state index in [1.165, 1.54) is 22.6 Å². The molecule has 0 spiro atoms. The van der Waals surface area contributed by atoms with E-state index in [-0.39, 0.29) is 10.8 Å². The van der Waals surface area contributed by atoms with Crippen molar-refractivity contribution in [3.8, 4) is 0 Å². The van der Waals surface area contributed by atoms with E-state index >= 15 is 0 Å². The van der Waals surface area contributed by atoms with Gasteiger partial charge in [-0.3, -0.25) is 13.8 Å². The van der Waals surface area contributed by atoms with Crippen molar-refractivity contribution >= 4 is 38.9 Å². The van der Waals surface area contributed by atoms with Gasteiger partial charge in [0.15, 0.2) is 0 Å². The number of halogens is 1. The van der Waals surface area contributed by atoms with Gasteiger partial charge in [0.1, 0.15) is 0 Å². The number of hydrogen-bond acceptors (Lipinski definition) is 4. The molecule has 172 valence electrons. The highest BCUT2D eigenvalue weighted by molar-refractivity contribution is 7.92. The number of hydrogen-bond donors (Lipinski definition) is 1. The van der Waals surface area contributed by atoms with Gasteiger partial charge in [-0.1, -0.05) is 48.0 Å². The Morgan fingerprint density at radius 2 is 1.79 bits per heavy atom. The molecule has 0 radical (unpaired) electrons. The van der Waals surface area contributed by atoms with Crippen LogP contribution in [0.15, 0.2) is 90.1 Å². The summed E-state index contributed by atoms with van der Waals surface area (Å²) in [5, 5.41) is 7.60. The van der Waals surface area contributed by atoms with Gasteiger partial charge in [0.25, 0.3) is 15.9 Å². The summed E-state index contributed by atoms with van der Waals surface area (Å²) in [6.45, 7) is 0.897. The van der Waals surface area contributed by atoms with Crippen LogP contribution >= 0.6 is 11.6 Å². The average Bonchev–Trinajstić information content (AvgIpc) is 3.47. The monoisotopic (exact) mass is 492 g/mol. The minimum absolute atomic E-state index is 0.171. The second-order valence-electron chi connectivity index (χ2n) is 7.99. The summed E-state index contributed by atoms with van der Waals surface area (Å²) >= 11 is 5.91. The summed E-state index contributed by atoms with van der Waals surface area (Å²) in [5.41, 5.74) is 3.48. The van der Waals surface area contributed by atoms with Gasteiger partial charge in [-0.25, -0.2) is 8.42 Å². The molecule has 0 fully saturated rings. The van der Waals surface area contributed by atoms with E-state index in [2.05, 4.69) is 10.4 Å². The van der Waals surface area contributed by atoms with Crippen LogP contribution in [0.1, 0.15) is 21.5 Å². The molecule has 34 heavy (non-hydrogen) atoms. The van der Waals surface area contributed by atoms with Crippen LogP contribution in [0.4, 0.5) is 11.4 Å². The normalized spacial score (nSPS) is 13.0. The number of carbonyl (C=O) groups excluding carboxylic acids is 1. The summed E-state index contributed by atoms with van der Waals surface area (Å²) in [6.07, 6.45) is 3.80. The first-order valence-electron chi connectivity index (χ1n) is 10.7. The van der Waals surface area contributed by atoms with E-state index in [0.29, 0.717) is 41.5 Å². The van der Waals surface area contributed by atoms with Crippen molar-refractivity contribution in [2.75, 3.05) is 16.2 Å². The zero-order chi connectivity index (χ0) is 23.7. The standard InChI is InChI=1S/C25H21ClN4O3S/c26-21-7-10-23(11-8-21)34(32,33)30-13-12-19-6-9-22(14-24(19)30)28-25(31)20-15-27-29(17-20)16-18-4-2-1-3-5-18/h1-11,14-15,17H,12-13,16H2,(H,28,31). The predicted octanol–water partition coefficient (Wildman–Crippen LogP) is 4.59. The maximum Gasteiger partial charge on any atom is 0.264 e. The number of amides is 1. The number of benzene rings is 3. The summed E-state index contributed by atoms with van der Waals surface area (Å²) in [6, 6.07) is 21.3. The fourth-order valence-corrected chi connectivity index (χ4v) is 5.57. The maximum absolute atomic E-state index is 13.2. The van der Waals surface area contributed by atoms with Crippen molar-refractivity contribution in [2.24, 2.45) is 0 Å². The van der Waals surface area contributed by atoms with E-state index in [4.69, 9.17) is 11.6 Å². The lowest BCUT2D eigenvalue weighted by Crippen LogP contribution is -2.29. The Labute approximate surface area is 202 Å². The molecule has 9 heteroatoms. The highest BCUT2D eigenvalue weighted by atomic mass is 35.5. The second-order valence-corrected chi connectivity index (χ2v) is 10.3. The number of sulfonamides is 1. The largest absolute Gasteiger partial charge is 0.322 e. The van der Waals surface area contributed by atoms with Crippen molar-refractivity contribution in [3.63, 3.8) is 0 Å². The molecule has 1 N–H and O–H groups in total. The van der Waals surface area contributed by atoms with Gasteiger partial charge < -0.3 is 5.32 Å². The zero-order valence-corrected chi connectivity index (χ0v) is 19.6. The molecule has 0 saturated carbocycles. The van der Waals surface area contributed by atoms with Gasteiger partial charge >= 0.3 is 0 Å². The van der Waals surface area contributed by atoms with Crippen LogP contribution < -0.4 is 9.62 Å². The molecule has 4 aromatic rings. The van der Waals surface area contributed by atoms with Crippen LogP contribution in [-0.4, -0.2) is 30.7 Å². The molecule has 5 rings (SSSR count). The highest BCUT2D eigenvalue weighted by Crippen LogP contribution is 2.35. The summed E-state index contributed by atoms with van der Waals surface area (Å²) < 4.78 is 29.5. The van der Waals surface area contributed by atoms with Crippen molar-refractivity contribution in [1.82, 2.24) is 9.78 Å². The van der Waals surface area contributed by atoms with Crippen molar-refractivity contribution in [3.05, 3.63) is 107 Å². The lowest BCUT2D eigenvalue weighted by Gasteiger charge is -2.20. The average molecular weight is 493 g/mol. The van der Waals surface area contributed by atoms with Crippen LogP contribution in [0.2, 0.25) is 5.02 Å². The van der Waals surface area contributed by atoms with E-state index in [9.17, 15) is 13.2 Å². The Morgan fingerprint density at radius 3 is 2.56 bits per heavy atom. The van der Waals surface area contributed by atoms with Crippen LogP contribution in [0.25, 0.3) is 0 Å². The predicted molar refractivity (Wildman–Crippen MR) is 132 cm³/mol. The molecule has 0 bridgehead atoms. The van der Waals surface area contributed by atoms with Crippen molar-refractivity contribution in [1.29, 1.82) is 0 Å². The number of aromatic nitrogens is 2. The first kappa shape index (κ1) is 22.2. The zero-order valence-electron chi connectivity index (χ0n) is 18.1. The number of anilines is 2. The quantitative estimate of drug-likeness (QED) is 0.426. The summed E-state index contributed by atoms with van der Waals surface area (Å²) in [5.74, 6) is -0.315. The maximum atomic E-state index is 13.2. The molecule has 3 aromatic carbocycles. The van der Waals surface area contributed by atoms with E-state index in [1.807, 2.05) is 36.4 Å². The number of carbonyl (C=O) groups is 1. The molecule has 1 aliphatic rings. The van der Waals surface area contributed by atoms with Crippen LogP contribution in [0.3, 0.4) is 0 Å². The fourth-order valence-electron chi connectivity index (χ4n) is 3.95. The molecular formula is C25H21ClN4O3S. The van der Waals surface area contributed by atoms with Crippen molar-refractivity contribution in [2.45, 2.75) is 17.9 Å². The van der Waals surface area contributed by atoms with Crippen LogP contribution in [0, 0.1) is 0 Å². The molecule has 0 atom stereocenters. The lowest BCUT2D eigenvalue weighted by atomic mass is 10.1.